The van der Waals surface area contributed by atoms with E-state index in [1.807, 2.05) is 0 Å². The van der Waals surface area contributed by atoms with Crippen LogP contribution in [-0.2, 0) is 4.79 Å². The molecular formula is C12H13NO6. The molecule has 19 heavy (non-hydrogen) atoms. The van der Waals surface area contributed by atoms with Gasteiger partial charge in [0.2, 0.25) is 5.70 Å². The van der Waals surface area contributed by atoms with Gasteiger partial charge >= 0.3 is 5.97 Å². The van der Waals surface area contributed by atoms with Gasteiger partial charge in [0.15, 0.2) is 18.1 Å². The third-order valence-electron chi connectivity index (χ3n) is 2.20. The SMILES string of the molecule is COc1cc(/C=C(/C)[N+](=O)[O-])ccc1OCC(=O)O. The van der Waals surface area contributed by atoms with Gasteiger partial charge in [0.25, 0.3) is 0 Å². The molecule has 0 atom stereocenters. The molecule has 0 aromatic heterocycles. The molecule has 0 aliphatic heterocycles. The fourth-order valence-corrected chi connectivity index (χ4v) is 1.33. The second-order valence-corrected chi connectivity index (χ2v) is 3.64. The average molecular weight is 267 g/mol. The van der Waals surface area contributed by atoms with Gasteiger partial charge < -0.3 is 14.6 Å². The Hall–Kier alpha value is -2.57. The lowest BCUT2D eigenvalue weighted by molar-refractivity contribution is -0.422. The topological polar surface area (TPSA) is 98.9 Å². The van der Waals surface area contributed by atoms with Crippen molar-refractivity contribution >= 4 is 12.0 Å². The van der Waals surface area contributed by atoms with Crippen LogP contribution < -0.4 is 9.47 Å². The Kier molecular flexibility index (Phi) is 4.87. The number of hydrogen-bond acceptors (Lipinski definition) is 5. The largest absolute Gasteiger partial charge is 0.493 e. The Balaban J connectivity index is 2.98. The Bertz CT molecular complexity index is 523. The van der Waals surface area contributed by atoms with Crippen molar-refractivity contribution in [3.8, 4) is 11.5 Å². The summed E-state index contributed by atoms with van der Waals surface area (Å²) in [5, 5.41) is 19.0. The Morgan fingerprint density at radius 2 is 2.16 bits per heavy atom. The molecule has 0 amide bonds. The number of ether oxygens (including phenoxy) is 2. The van der Waals surface area contributed by atoms with Crippen molar-refractivity contribution in [2.75, 3.05) is 13.7 Å². The zero-order valence-electron chi connectivity index (χ0n) is 10.5. The van der Waals surface area contributed by atoms with E-state index in [1.54, 1.807) is 6.07 Å². The summed E-state index contributed by atoms with van der Waals surface area (Å²) in [6, 6.07) is 4.61. The maximum absolute atomic E-state index is 10.5. The summed E-state index contributed by atoms with van der Waals surface area (Å²) in [6.45, 7) is 0.890. The summed E-state index contributed by atoms with van der Waals surface area (Å²) in [5.74, 6) is -0.526. The van der Waals surface area contributed by atoms with Crippen LogP contribution >= 0.6 is 0 Å². The number of allylic oxidation sites excluding steroid dienone is 1. The first-order valence-electron chi connectivity index (χ1n) is 5.29. The monoisotopic (exact) mass is 267 g/mol. The highest BCUT2D eigenvalue weighted by Gasteiger charge is 2.09. The first-order valence-corrected chi connectivity index (χ1v) is 5.29. The molecule has 0 bridgehead atoms. The Morgan fingerprint density at radius 1 is 1.47 bits per heavy atom. The first-order chi connectivity index (χ1) is 8.93. The van der Waals surface area contributed by atoms with Crippen molar-refractivity contribution in [1.82, 2.24) is 0 Å². The predicted molar refractivity (Wildman–Crippen MR) is 66.8 cm³/mol. The molecule has 0 spiro atoms. The van der Waals surface area contributed by atoms with Crippen LogP contribution in [0.5, 0.6) is 11.5 Å². The molecule has 7 nitrogen and oxygen atoms in total. The maximum atomic E-state index is 10.5. The van der Waals surface area contributed by atoms with Crippen LogP contribution in [0.25, 0.3) is 6.08 Å². The van der Waals surface area contributed by atoms with Crippen molar-refractivity contribution in [3.05, 3.63) is 39.6 Å². The molecule has 0 aliphatic carbocycles. The fraction of sp³-hybridized carbons (Fsp3) is 0.250. The van der Waals surface area contributed by atoms with E-state index in [1.165, 1.54) is 32.2 Å². The number of nitro groups is 1. The van der Waals surface area contributed by atoms with Crippen molar-refractivity contribution in [1.29, 1.82) is 0 Å². The highest BCUT2D eigenvalue weighted by Crippen LogP contribution is 2.28. The van der Waals surface area contributed by atoms with Gasteiger partial charge in [-0.1, -0.05) is 6.07 Å². The first kappa shape index (κ1) is 14.5. The van der Waals surface area contributed by atoms with Crippen LogP contribution in [0.2, 0.25) is 0 Å². The number of nitrogens with zero attached hydrogens (tertiary/aromatic N) is 1. The van der Waals surface area contributed by atoms with Crippen LogP contribution in [0.1, 0.15) is 12.5 Å². The fourth-order valence-electron chi connectivity index (χ4n) is 1.33. The van der Waals surface area contributed by atoms with Crippen LogP contribution in [0.4, 0.5) is 0 Å². The van der Waals surface area contributed by atoms with E-state index in [9.17, 15) is 14.9 Å². The van der Waals surface area contributed by atoms with Gasteiger partial charge in [-0.3, -0.25) is 10.1 Å². The molecule has 0 fully saturated rings. The van der Waals surface area contributed by atoms with E-state index >= 15 is 0 Å². The van der Waals surface area contributed by atoms with E-state index in [2.05, 4.69) is 0 Å². The van der Waals surface area contributed by atoms with E-state index in [4.69, 9.17) is 14.6 Å². The number of methoxy groups -OCH3 is 1. The van der Waals surface area contributed by atoms with Crippen molar-refractivity contribution < 1.29 is 24.3 Å². The lowest BCUT2D eigenvalue weighted by Gasteiger charge is -2.09. The molecule has 0 saturated carbocycles. The minimum atomic E-state index is -1.10. The number of carbonyl (C=O) groups is 1. The number of rotatable bonds is 6. The van der Waals surface area contributed by atoms with Gasteiger partial charge in [-0.2, -0.15) is 0 Å². The smallest absolute Gasteiger partial charge is 0.341 e. The molecule has 0 radical (unpaired) electrons. The molecular weight excluding hydrogens is 254 g/mol. The molecule has 1 aromatic rings. The average Bonchev–Trinajstić information content (AvgIpc) is 2.36. The normalized spacial score (nSPS) is 10.9. The standard InChI is InChI=1S/C12H13NO6/c1-8(13(16)17)5-9-3-4-10(11(6-9)18-2)19-7-12(14)15/h3-6H,7H2,1-2H3,(H,14,15)/b8-5-. The van der Waals surface area contributed by atoms with Crippen LogP contribution in [-0.4, -0.2) is 29.7 Å². The molecule has 0 saturated heterocycles. The summed E-state index contributed by atoms with van der Waals surface area (Å²) >= 11 is 0. The van der Waals surface area contributed by atoms with Gasteiger partial charge in [-0.25, -0.2) is 4.79 Å². The third kappa shape index (κ3) is 4.30. The number of carboxylic acid groups (broad SMARTS) is 1. The molecule has 0 aliphatic rings. The highest BCUT2D eigenvalue weighted by molar-refractivity contribution is 5.68. The molecule has 1 aromatic carbocycles. The molecule has 1 rings (SSSR count). The summed E-state index contributed by atoms with van der Waals surface area (Å²) < 4.78 is 10.1. The van der Waals surface area contributed by atoms with Gasteiger partial charge in [0, 0.05) is 13.0 Å². The van der Waals surface area contributed by atoms with Crippen LogP contribution in [0.3, 0.4) is 0 Å². The predicted octanol–water partition coefficient (Wildman–Crippen LogP) is 1.80. The minimum Gasteiger partial charge on any atom is -0.493 e. The zero-order chi connectivity index (χ0) is 14.4. The van der Waals surface area contributed by atoms with Crippen molar-refractivity contribution in [2.45, 2.75) is 6.92 Å². The molecule has 0 heterocycles. The number of aliphatic carboxylic acids is 1. The van der Waals surface area contributed by atoms with E-state index in [0.717, 1.165) is 0 Å². The summed E-state index contributed by atoms with van der Waals surface area (Å²) in [4.78, 5) is 20.4. The van der Waals surface area contributed by atoms with Gasteiger partial charge in [-0.15, -0.1) is 0 Å². The van der Waals surface area contributed by atoms with Crippen LogP contribution in [0.15, 0.2) is 23.9 Å². The summed E-state index contributed by atoms with van der Waals surface area (Å²) in [5.41, 5.74) is 0.551. The summed E-state index contributed by atoms with van der Waals surface area (Å²) in [6.07, 6.45) is 1.38. The Labute approximate surface area is 109 Å². The number of benzene rings is 1. The van der Waals surface area contributed by atoms with Crippen molar-refractivity contribution in [3.63, 3.8) is 0 Å². The van der Waals surface area contributed by atoms with Crippen LogP contribution in [0, 0.1) is 10.1 Å². The molecule has 7 heteroatoms. The second kappa shape index (κ2) is 6.39. The Morgan fingerprint density at radius 3 is 2.68 bits per heavy atom. The maximum Gasteiger partial charge on any atom is 0.341 e. The molecule has 0 unspecified atom stereocenters. The highest BCUT2D eigenvalue weighted by atomic mass is 16.6. The molecule has 1 N–H and O–H groups in total. The van der Waals surface area contributed by atoms with Crippen molar-refractivity contribution in [2.24, 2.45) is 0 Å². The van der Waals surface area contributed by atoms with Gasteiger partial charge in [0.05, 0.1) is 12.0 Å². The lowest BCUT2D eigenvalue weighted by Crippen LogP contribution is -2.10. The second-order valence-electron chi connectivity index (χ2n) is 3.64. The molecule has 102 valence electrons. The van der Waals surface area contributed by atoms with E-state index < -0.39 is 17.5 Å². The summed E-state index contributed by atoms with van der Waals surface area (Å²) in [7, 11) is 1.40. The third-order valence-corrected chi connectivity index (χ3v) is 2.20. The quantitative estimate of drug-likeness (QED) is 0.623. The number of hydrogen-bond donors (Lipinski definition) is 1. The minimum absolute atomic E-state index is 0.0127. The van der Waals surface area contributed by atoms with Gasteiger partial charge in [-0.05, 0) is 17.7 Å². The lowest BCUT2D eigenvalue weighted by atomic mass is 10.1. The van der Waals surface area contributed by atoms with E-state index in [-0.39, 0.29) is 11.4 Å². The number of carboxylic acids is 1. The van der Waals surface area contributed by atoms with E-state index in [0.29, 0.717) is 11.3 Å². The zero-order valence-corrected chi connectivity index (χ0v) is 10.5. The van der Waals surface area contributed by atoms with Gasteiger partial charge in [0.1, 0.15) is 0 Å².